The van der Waals surface area contributed by atoms with Crippen LogP contribution >= 0.6 is 0 Å². The van der Waals surface area contributed by atoms with Crippen LogP contribution in [0.15, 0.2) is 48.7 Å². The number of rotatable bonds is 5. The molecule has 122 valence electrons. The Morgan fingerprint density at radius 2 is 1.83 bits per heavy atom. The maximum absolute atomic E-state index is 5.21. The Balaban J connectivity index is 1.80. The predicted octanol–water partition coefficient (Wildman–Crippen LogP) is 3.98. The first-order valence-corrected chi connectivity index (χ1v) is 7.60. The van der Waals surface area contributed by atoms with Crippen molar-refractivity contribution >= 4 is 23.1 Å². The van der Waals surface area contributed by atoms with E-state index >= 15 is 0 Å². The van der Waals surface area contributed by atoms with Gasteiger partial charge in [0.1, 0.15) is 5.75 Å². The SMILES string of the molecule is COc1cccc(Nc2nncc(Nc3cccc(C)c3C)n2)c1. The molecule has 0 spiro atoms. The zero-order valence-corrected chi connectivity index (χ0v) is 13.9. The lowest BCUT2D eigenvalue weighted by atomic mass is 10.1. The number of ether oxygens (including phenoxy) is 1. The molecule has 1 heterocycles. The lowest BCUT2D eigenvalue weighted by molar-refractivity contribution is 0.415. The van der Waals surface area contributed by atoms with Gasteiger partial charge in [-0.25, -0.2) is 0 Å². The Labute approximate surface area is 140 Å². The number of hydrogen-bond acceptors (Lipinski definition) is 6. The number of aryl methyl sites for hydroxylation is 1. The Morgan fingerprint density at radius 3 is 2.67 bits per heavy atom. The highest BCUT2D eigenvalue weighted by Gasteiger charge is 2.05. The van der Waals surface area contributed by atoms with E-state index in [9.17, 15) is 0 Å². The van der Waals surface area contributed by atoms with Gasteiger partial charge in [0.2, 0.25) is 5.95 Å². The fourth-order valence-corrected chi connectivity index (χ4v) is 2.27. The molecule has 0 fully saturated rings. The Bertz CT molecular complexity index is 850. The minimum absolute atomic E-state index is 0.415. The van der Waals surface area contributed by atoms with E-state index in [0.717, 1.165) is 17.1 Å². The lowest BCUT2D eigenvalue weighted by Gasteiger charge is -2.11. The van der Waals surface area contributed by atoms with Crippen molar-refractivity contribution in [2.75, 3.05) is 17.7 Å². The summed E-state index contributed by atoms with van der Waals surface area (Å²) < 4.78 is 5.21. The Kier molecular flexibility index (Phi) is 4.56. The summed E-state index contributed by atoms with van der Waals surface area (Å²) in [6.45, 7) is 4.15. The lowest BCUT2D eigenvalue weighted by Crippen LogP contribution is -2.03. The molecule has 0 aliphatic carbocycles. The third-order valence-electron chi connectivity index (χ3n) is 3.75. The van der Waals surface area contributed by atoms with Gasteiger partial charge in [-0.15, -0.1) is 5.10 Å². The van der Waals surface area contributed by atoms with Gasteiger partial charge < -0.3 is 15.4 Å². The molecule has 1 aromatic heterocycles. The highest BCUT2D eigenvalue weighted by Crippen LogP contribution is 2.23. The van der Waals surface area contributed by atoms with Crippen molar-refractivity contribution in [3.63, 3.8) is 0 Å². The van der Waals surface area contributed by atoms with Crippen molar-refractivity contribution in [3.8, 4) is 5.75 Å². The van der Waals surface area contributed by atoms with Crippen LogP contribution in [0.25, 0.3) is 0 Å². The smallest absolute Gasteiger partial charge is 0.249 e. The van der Waals surface area contributed by atoms with E-state index in [4.69, 9.17) is 4.74 Å². The summed E-state index contributed by atoms with van der Waals surface area (Å²) in [5, 5.41) is 14.4. The molecule has 2 aromatic carbocycles. The maximum atomic E-state index is 5.21. The minimum atomic E-state index is 0.415. The van der Waals surface area contributed by atoms with E-state index in [1.807, 2.05) is 36.4 Å². The third kappa shape index (κ3) is 3.60. The average Bonchev–Trinajstić information content (AvgIpc) is 2.59. The number of nitrogens with zero attached hydrogens (tertiary/aromatic N) is 3. The van der Waals surface area contributed by atoms with E-state index in [1.165, 1.54) is 11.1 Å². The molecule has 0 bridgehead atoms. The van der Waals surface area contributed by atoms with Gasteiger partial charge in [0.15, 0.2) is 5.82 Å². The summed E-state index contributed by atoms with van der Waals surface area (Å²) in [6.07, 6.45) is 1.60. The fraction of sp³-hybridized carbons (Fsp3) is 0.167. The molecule has 0 aliphatic rings. The van der Waals surface area contributed by atoms with E-state index < -0.39 is 0 Å². The first-order chi connectivity index (χ1) is 11.7. The van der Waals surface area contributed by atoms with Gasteiger partial charge in [-0.2, -0.15) is 10.1 Å². The van der Waals surface area contributed by atoms with E-state index in [2.05, 4.69) is 45.7 Å². The molecule has 0 atom stereocenters. The number of methoxy groups -OCH3 is 1. The van der Waals surface area contributed by atoms with Gasteiger partial charge in [0.05, 0.1) is 13.3 Å². The van der Waals surface area contributed by atoms with Crippen molar-refractivity contribution in [2.45, 2.75) is 13.8 Å². The first-order valence-electron chi connectivity index (χ1n) is 7.60. The summed E-state index contributed by atoms with van der Waals surface area (Å²) in [4.78, 5) is 4.45. The molecule has 0 unspecified atom stereocenters. The first kappa shape index (κ1) is 15.7. The van der Waals surface area contributed by atoms with E-state index in [-0.39, 0.29) is 0 Å². The van der Waals surface area contributed by atoms with Gasteiger partial charge in [-0.05, 0) is 43.2 Å². The summed E-state index contributed by atoms with van der Waals surface area (Å²) >= 11 is 0. The van der Waals surface area contributed by atoms with Crippen LogP contribution < -0.4 is 15.4 Å². The quantitative estimate of drug-likeness (QED) is 0.740. The second-order valence-electron chi connectivity index (χ2n) is 5.39. The summed E-state index contributed by atoms with van der Waals surface area (Å²) in [7, 11) is 1.63. The fourth-order valence-electron chi connectivity index (χ4n) is 2.27. The molecule has 0 saturated heterocycles. The van der Waals surface area contributed by atoms with Crippen LogP contribution in [0.1, 0.15) is 11.1 Å². The van der Waals surface area contributed by atoms with Gasteiger partial charge in [-0.1, -0.05) is 18.2 Å². The molecule has 3 rings (SSSR count). The summed E-state index contributed by atoms with van der Waals surface area (Å²) in [5.74, 6) is 1.81. The zero-order valence-electron chi connectivity index (χ0n) is 13.9. The normalized spacial score (nSPS) is 10.3. The van der Waals surface area contributed by atoms with E-state index in [0.29, 0.717) is 11.8 Å². The van der Waals surface area contributed by atoms with Crippen molar-refractivity contribution in [2.24, 2.45) is 0 Å². The van der Waals surface area contributed by atoms with Crippen LogP contribution in [-0.2, 0) is 0 Å². The number of aromatic nitrogens is 3. The predicted molar refractivity (Wildman–Crippen MR) is 95.3 cm³/mol. The molecule has 0 radical (unpaired) electrons. The molecule has 6 heteroatoms. The summed E-state index contributed by atoms with van der Waals surface area (Å²) in [5.41, 5.74) is 4.23. The number of hydrogen-bond donors (Lipinski definition) is 2. The van der Waals surface area contributed by atoms with Crippen LogP contribution in [0, 0.1) is 13.8 Å². The van der Waals surface area contributed by atoms with Crippen molar-refractivity contribution in [1.82, 2.24) is 15.2 Å². The molecule has 0 saturated carbocycles. The zero-order chi connectivity index (χ0) is 16.9. The second-order valence-corrected chi connectivity index (χ2v) is 5.39. The molecule has 0 amide bonds. The molecular formula is C18H19N5O. The van der Waals surface area contributed by atoms with Crippen LogP contribution in [0.4, 0.5) is 23.1 Å². The van der Waals surface area contributed by atoms with Crippen molar-refractivity contribution in [1.29, 1.82) is 0 Å². The van der Waals surface area contributed by atoms with E-state index in [1.54, 1.807) is 13.3 Å². The molecule has 6 nitrogen and oxygen atoms in total. The van der Waals surface area contributed by atoms with Gasteiger partial charge in [-0.3, -0.25) is 0 Å². The topological polar surface area (TPSA) is 72.0 Å². The van der Waals surface area contributed by atoms with Crippen LogP contribution in [0.2, 0.25) is 0 Å². The van der Waals surface area contributed by atoms with Gasteiger partial charge in [0, 0.05) is 17.4 Å². The average molecular weight is 321 g/mol. The highest BCUT2D eigenvalue weighted by atomic mass is 16.5. The third-order valence-corrected chi connectivity index (χ3v) is 3.75. The molecule has 0 aliphatic heterocycles. The summed E-state index contributed by atoms with van der Waals surface area (Å²) in [6, 6.07) is 13.7. The Hall–Kier alpha value is -3.15. The number of nitrogens with one attached hydrogen (secondary N) is 2. The molecular weight excluding hydrogens is 302 g/mol. The van der Waals surface area contributed by atoms with Gasteiger partial charge >= 0.3 is 0 Å². The maximum Gasteiger partial charge on any atom is 0.249 e. The molecule has 24 heavy (non-hydrogen) atoms. The minimum Gasteiger partial charge on any atom is -0.497 e. The van der Waals surface area contributed by atoms with Crippen LogP contribution in [0.3, 0.4) is 0 Å². The second kappa shape index (κ2) is 6.95. The monoisotopic (exact) mass is 321 g/mol. The van der Waals surface area contributed by atoms with Crippen molar-refractivity contribution in [3.05, 3.63) is 59.8 Å². The molecule has 2 N–H and O–H groups in total. The van der Waals surface area contributed by atoms with Crippen LogP contribution in [-0.4, -0.2) is 22.3 Å². The van der Waals surface area contributed by atoms with Crippen LogP contribution in [0.5, 0.6) is 5.75 Å². The highest BCUT2D eigenvalue weighted by molar-refractivity contribution is 5.63. The Morgan fingerprint density at radius 1 is 1.00 bits per heavy atom. The van der Waals surface area contributed by atoms with Gasteiger partial charge in [0.25, 0.3) is 0 Å². The number of anilines is 4. The number of benzene rings is 2. The largest absolute Gasteiger partial charge is 0.497 e. The van der Waals surface area contributed by atoms with Crippen molar-refractivity contribution < 1.29 is 4.74 Å². The standard InChI is InChI=1S/C18H19N5O/c1-12-6-4-9-16(13(12)2)21-17-11-19-23-18(22-17)20-14-7-5-8-15(10-14)24-3/h4-11H,1-3H3,(H2,20,21,22,23). The molecule has 3 aromatic rings.